The molecule has 0 unspecified atom stereocenters. The molecule has 1 saturated heterocycles. The molecule has 2 fully saturated rings. The average Bonchev–Trinajstić information content (AvgIpc) is 3.59. The van der Waals surface area contributed by atoms with Gasteiger partial charge >= 0.3 is 0 Å². The molecule has 4 rings (SSSR count). The quantitative estimate of drug-likeness (QED) is 0.485. The predicted octanol–water partition coefficient (Wildman–Crippen LogP) is 3.66. The molecular formula is C22H26ClN5O2S. The highest BCUT2D eigenvalue weighted by Gasteiger charge is 2.30. The predicted molar refractivity (Wildman–Crippen MR) is 124 cm³/mol. The summed E-state index contributed by atoms with van der Waals surface area (Å²) in [5.74, 6) is 1.25. The van der Waals surface area contributed by atoms with Gasteiger partial charge in [0, 0.05) is 41.8 Å². The van der Waals surface area contributed by atoms with Crippen LogP contribution in [0.1, 0.15) is 31.2 Å². The lowest BCUT2D eigenvalue weighted by Gasteiger charge is -2.32. The van der Waals surface area contributed by atoms with Crippen LogP contribution in [0.3, 0.4) is 0 Å². The molecule has 164 valence electrons. The Labute approximate surface area is 191 Å². The summed E-state index contributed by atoms with van der Waals surface area (Å²) < 4.78 is 0. The molecule has 1 saturated carbocycles. The van der Waals surface area contributed by atoms with E-state index in [-0.39, 0.29) is 23.5 Å². The second kappa shape index (κ2) is 9.87. The molecule has 0 radical (unpaired) electrons. The number of halogens is 1. The zero-order chi connectivity index (χ0) is 21.8. The van der Waals surface area contributed by atoms with Gasteiger partial charge in [0.25, 0.3) is 0 Å². The first-order chi connectivity index (χ1) is 15.0. The van der Waals surface area contributed by atoms with Crippen LogP contribution in [0.4, 0.5) is 11.5 Å². The number of carbonyl (C=O) groups is 2. The lowest BCUT2D eigenvalue weighted by molar-refractivity contribution is -0.125. The summed E-state index contributed by atoms with van der Waals surface area (Å²) in [5, 5.41) is 7.34. The third-order valence-electron chi connectivity index (χ3n) is 5.57. The molecule has 31 heavy (non-hydrogen) atoms. The highest BCUT2D eigenvalue weighted by atomic mass is 35.5. The third-order valence-corrected chi connectivity index (χ3v) is 6.73. The summed E-state index contributed by atoms with van der Waals surface area (Å²) in [6.07, 6.45) is 5.41. The summed E-state index contributed by atoms with van der Waals surface area (Å²) in [7, 11) is 0. The normalized spacial score (nSPS) is 16.8. The van der Waals surface area contributed by atoms with E-state index in [4.69, 9.17) is 11.6 Å². The van der Waals surface area contributed by atoms with Gasteiger partial charge in [0.15, 0.2) is 0 Å². The number of nitrogens with one attached hydrogen (secondary N) is 2. The number of anilines is 2. The minimum Gasteiger partial charge on any atom is -0.356 e. The number of benzene rings is 1. The number of carbonyl (C=O) groups excluding carboxylic acids is 2. The SMILES string of the molecule is Cc1ccc(Cl)cc1NC(=O)CSc1cc(N2CCC(C(=O)NC3CC3)CC2)ncn1. The van der Waals surface area contributed by atoms with Crippen molar-refractivity contribution in [1.29, 1.82) is 0 Å². The first kappa shape index (κ1) is 21.9. The summed E-state index contributed by atoms with van der Waals surface area (Å²) >= 11 is 7.38. The van der Waals surface area contributed by atoms with E-state index in [1.165, 1.54) is 18.1 Å². The Kier molecular flexibility index (Phi) is 6.97. The van der Waals surface area contributed by atoms with Gasteiger partial charge in [-0.3, -0.25) is 9.59 Å². The van der Waals surface area contributed by atoms with Gasteiger partial charge in [0.05, 0.1) is 5.75 Å². The van der Waals surface area contributed by atoms with Gasteiger partial charge in [0.2, 0.25) is 11.8 Å². The van der Waals surface area contributed by atoms with Crippen LogP contribution >= 0.6 is 23.4 Å². The van der Waals surface area contributed by atoms with Gasteiger partial charge in [-0.05, 0) is 50.3 Å². The maximum absolute atomic E-state index is 12.3. The van der Waals surface area contributed by atoms with E-state index in [2.05, 4.69) is 25.5 Å². The molecule has 0 spiro atoms. The van der Waals surface area contributed by atoms with Crippen LogP contribution in [0.25, 0.3) is 0 Å². The largest absolute Gasteiger partial charge is 0.356 e. The van der Waals surface area contributed by atoms with Gasteiger partial charge < -0.3 is 15.5 Å². The van der Waals surface area contributed by atoms with Crippen molar-refractivity contribution >= 4 is 46.7 Å². The average molecular weight is 460 g/mol. The van der Waals surface area contributed by atoms with Crippen molar-refractivity contribution in [1.82, 2.24) is 15.3 Å². The number of piperidine rings is 1. The fraction of sp³-hybridized carbons (Fsp3) is 0.455. The van der Waals surface area contributed by atoms with Crippen LogP contribution in [0.2, 0.25) is 5.02 Å². The van der Waals surface area contributed by atoms with Gasteiger partial charge in [-0.15, -0.1) is 0 Å². The van der Waals surface area contributed by atoms with E-state index in [0.717, 1.165) is 60.9 Å². The van der Waals surface area contributed by atoms with Crippen molar-refractivity contribution in [3.8, 4) is 0 Å². The number of aromatic nitrogens is 2. The van der Waals surface area contributed by atoms with Crippen LogP contribution < -0.4 is 15.5 Å². The number of rotatable bonds is 7. The van der Waals surface area contributed by atoms with Gasteiger partial charge in [-0.1, -0.05) is 29.4 Å². The second-order valence-corrected chi connectivity index (χ2v) is 9.49. The van der Waals surface area contributed by atoms with Crippen molar-refractivity contribution in [2.45, 2.75) is 43.7 Å². The zero-order valence-corrected chi connectivity index (χ0v) is 19.0. The Morgan fingerprint density at radius 2 is 1.94 bits per heavy atom. The van der Waals surface area contributed by atoms with Crippen molar-refractivity contribution in [3.05, 3.63) is 41.2 Å². The molecule has 1 aliphatic heterocycles. The van der Waals surface area contributed by atoms with Crippen molar-refractivity contribution in [2.75, 3.05) is 29.1 Å². The summed E-state index contributed by atoms with van der Waals surface area (Å²) in [5.41, 5.74) is 1.68. The first-order valence-electron chi connectivity index (χ1n) is 10.5. The molecule has 0 atom stereocenters. The van der Waals surface area contributed by atoms with Gasteiger partial charge in [-0.25, -0.2) is 9.97 Å². The monoisotopic (exact) mass is 459 g/mol. The van der Waals surface area contributed by atoms with E-state index in [0.29, 0.717) is 11.1 Å². The van der Waals surface area contributed by atoms with Gasteiger partial charge in [-0.2, -0.15) is 0 Å². The lowest BCUT2D eigenvalue weighted by Crippen LogP contribution is -2.41. The Hall–Kier alpha value is -2.32. The Morgan fingerprint density at radius 1 is 1.16 bits per heavy atom. The molecule has 1 aromatic carbocycles. The molecule has 1 aliphatic carbocycles. The van der Waals surface area contributed by atoms with E-state index in [1.807, 2.05) is 19.1 Å². The van der Waals surface area contributed by atoms with E-state index in [9.17, 15) is 9.59 Å². The van der Waals surface area contributed by atoms with Crippen LogP contribution in [0, 0.1) is 12.8 Å². The second-order valence-electron chi connectivity index (χ2n) is 8.05. The first-order valence-corrected chi connectivity index (χ1v) is 11.9. The Morgan fingerprint density at radius 3 is 2.68 bits per heavy atom. The van der Waals surface area contributed by atoms with Crippen molar-refractivity contribution in [3.63, 3.8) is 0 Å². The molecular weight excluding hydrogens is 434 g/mol. The summed E-state index contributed by atoms with van der Waals surface area (Å²) in [4.78, 5) is 35.5. The van der Waals surface area contributed by atoms with Crippen LogP contribution in [-0.4, -0.2) is 46.7 Å². The highest BCUT2D eigenvalue weighted by molar-refractivity contribution is 7.99. The number of amides is 2. The molecule has 0 bridgehead atoms. The van der Waals surface area contributed by atoms with E-state index >= 15 is 0 Å². The molecule has 2 amide bonds. The zero-order valence-electron chi connectivity index (χ0n) is 17.4. The maximum atomic E-state index is 12.3. The third kappa shape index (κ3) is 6.11. The minimum atomic E-state index is -0.113. The number of aryl methyl sites for hydroxylation is 1. The van der Waals surface area contributed by atoms with Crippen LogP contribution in [0.15, 0.2) is 35.6 Å². The van der Waals surface area contributed by atoms with Gasteiger partial charge in [0.1, 0.15) is 17.2 Å². The Bertz CT molecular complexity index is 961. The Balaban J connectivity index is 1.28. The standard InChI is InChI=1S/C22H26ClN5O2S/c1-14-2-3-16(23)10-18(14)27-20(29)12-31-21-11-19(24-13-25-21)28-8-6-15(7-9-28)22(30)26-17-4-5-17/h2-3,10-11,13,15,17H,4-9,12H2,1H3,(H,26,30)(H,27,29). The minimum absolute atomic E-state index is 0.0891. The molecule has 2 N–H and O–H groups in total. The molecule has 2 aromatic rings. The number of thioether (sulfide) groups is 1. The van der Waals surface area contributed by atoms with Crippen molar-refractivity contribution < 1.29 is 9.59 Å². The van der Waals surface area contributed by atoms with Crippen molar-refractivity contribution in [2.24, 2.45) is 5.92 Å². The lowest BCUT2D eigenvalue weighted by atomic mass is 9.96. The fourth-order valence-corrected chi connectivity index (χ4v) is 4.39. The van der Waals surface area contributed by atoms with E-state index in [1.54, 1.807) is 12.1 Å². The molecule has 2 aliphatic rings. The molecule has 1 aromatic heterocycles. The van der Waals surface area contributed by atoms with E-state index < -0.39 is 0 Å². The highest BCUT2D eigenvalue weighted by Crippen LogP contribution is 2.27. The fourth-order valence-electron chi connectivity index (χ4n) is 3.55. The summed E-state index contributed by atoms with van der Waals surface area (Å²) in [6, 6.07) is 7.74. The smallest absolute Gasteiger partial charge is 0.234 e. The molecule has 9 heteroatoms. The molecule has 2 heterocycles. The van der Waals surface area contributed by atoms with Crippen LogP contribution in [-0.2, 0) is 9.59 Å². The topological polar surface area (TPSA) is 87.2 Å². The number of nitrogens with zero attached hydrogens (tertiary/aromatic N) is 3. The summed E-state index contributed by atoms with van der Waals surface area (Å²) in [6.45, 7) is 3.51. The molecule has 7 nitrogen and oxygen atoms in total. The number of hydrogen-bond donors (Lipinski definition) is 2. The number of hydrogen-bond acceptors (Lipinski definition) is 6. The maximum Gasteiger partial charge on any atom is 0.234 e. The van der Waals surface area contributed by atoms with Crippen LogP contribution in [0.5, 0.6) is 0 Å².